The highest BCUT2D eigenvalue weighted by Gasteiger charge is 2.12. The molecule has 0 radical (unpaired) electrons. The molecule has 0 aliphatic heterocycles. The van der Waals surface area contributed by atoms with E-state index < -0.39 is 0 Å². The molecule has 0 unspecified atom stereocenters. The molecule has 0 amide bonds. The summed E-state index contributed by atoms with van der Waals surface area (Å²) in [6.45, 7) is 6.97. The van der Waals surface area contributed by atoms with E-state index in [0.29, 0.717) is 12.3 Å². The maximum absolute atomic E-state index is 13.8. The topological polar surface area (TPSA) is 21.3 Å². The predicted octanol–water partition coefficient (Wildman–Crippen LogP) is 5.27. The van der Waals surface area contributed by atoms with Gasteiger partial charge in [0, 0.05) is 22.1 Å². The summed E-state index contributed by atoms with van der Waals surface area (Å²) in [5.41, 5.74) is 1.00. The normalized spacial score (nSPS) is 11.5. The minimum Gasteiger partial charge on any atom is -0.454 e. The molecule has 4 heteroatoms. The second-order valence-corrected chi connectivity index (χ2v) is 6.80. The molecular weight excluding hydrogens is 333 g/mol. The van der Waals surface area contributed by atoms with Crippen molar-refractivity contribution in [1.29, 1.82) is 0 Å². The molecule has 21 heavy (non-hydrogen) atoms. The average molecular weight is 352 g/mol. The van der Waals surface area contributed by atoms with Crippen LogP contribution in [0.2, 0.25) is 0 Å². The lowest BCUT2D eigenvalue weighted by molar-refractivity contribution is 0.407. The Morgan fingerprint density at radius 1 is 1.10 bits per heavy atom. The third-order valence-electron chi connectivity index (χ3n) is 2.89. The molecule has 0 fully saturated rings. The van der Waals surface area contributed by atoms with Crippen LogP contribution < -0.4 is 10.1 Å². The van der Waals surface area contributed by atoms with Gasteiger partial charge in [0.25, 0.3) is 0 Å². The maximum atomic E-state index is 13.8. The van der Waals surface area contributed by atoms with Crippen LogP contribution in [-0.2, 0) is 6.54 Å². The van der Waals surface area contributed by atoms with Gasteiger partial charge in [0.05, 0.1) is 0 Å². The monoisotopic (exact) mass is 351 g/mol. The predicted molar refractivity (Wildman–Crippen MR) is 87.2 cm³/mol. The molecular formula is C17H19BrFNO. The van der Waals surface area contributed by atoms with Gasteiger partial charge in [-0.2, -0.15) is 0 Å². The molecule has 0 aliphatic carbocycles. The number of nitrogens with one attached hydrogen (secondary N) is 1. The first-order chi connectivity index (χ1) is 9.85. The summed E-state index contributed by atoms with van der Waals surface area (Å²) in [7, 11) is 0. The Balaban J connectivity index is 2.22. The fraction of sp³-hybridized carbons (Fsp3) is 0.294. The van der Waals surface area contributed by atoms with Crippen LogP contribution in [0, 0.1) is 5.82 Å². The molecule has 0 heterocycles. The van der Waals surface area contributed by atoms with Crippen LogP contribution in [0.5, 0.6) is 11.5 Å². The standard InChI is InChI=1S/C17H19BrFNO/c1-17(2,3)20-11-12-6-4-5-7-15(12)21-16-10-13(18)8-9-14(16)19/h4-10,20H,11H2,1-3H3. The number of halogens is 2. The molecule has 2 rings (SSSR count). The van der Waals surface area contributed by atoms with Crippen molar-refractivity contribution in [3.63, 3.8) is 0 Å². The molecule has 2 aromatic carbocycles. The van der Waals surface area contributed by atoms with Crippen LogP contribution in [0.4, 0.5) is 4.39 Å². The van der Waals surface area contributed by atoms with Crippen LogP contribution >= 0.6 is 15.9 Å². The number of hydrogen-bond acceptors (Lipinski definition) is 2. The summed E-state index contributed by atoms with van der Waals surface area (Å²) in [5.74, 6) is 0.496. The van der Waals surface area contributed by atoms with Gasteiger partial charge in [-0.05, 0) is 45.0 Å². The molecule has 1 N–H and O–H groups in total. The Bertz CT molecular complexity index is 622. The van der Waals surface area contributed by atoms with Crippen molar-refractivity contribution in [2.24, 2.45) is 0 Å². The lowest BCUT2D eigenvalue weighted by Gasteiger charge is -2.21. The van der Waals surface area contributed by atoms with E-state index in [0.717, 1.165) is 10.0 Å². The van der Waals surface area contributed by atoms with E-state index in [9.17, 15) is 4.39 Å². The van der Waals surface area contributed by atoms with E-state index in [2.05, 4.69) is 42.0 Å². The average Bonchev–Trinajstić information content (AvgIpc) is 2.41. The van der Waals surface area contributed by atoms with Crippen LogP contribution in [-0.4, -0.2) is 5.54 Å². The molecule has 0 spiro atoms. The summed E-state index contributed by atoms with van der Waals surface area (Å²) in [6.07, 6.45) is 0. The maximum Gasteiger partial charge on any atom is 0.165 e. The Kier molecular flexibility index (Phi) is 5.01. The van der Waals surface area contributed by atoms with Crippen molar-refractivity contribution in [2.45, 2.75) is 32.9 Å². The zero-order valence-corrected chi connectivity index (χ0v) is 14.0. The Morgan fingerprint density at radius 3 is 2.52 bits per heavy atom. The Hall–Kier alpha value is -1.39. The zero-order valence-electron chi connectivity index (χ0n) is 12.4. The van der Waals surface area contributed by atoms with Gasteiger partial charge in [-0.15, -0.1) is 0 Å². The number of hydrogen-bond donors (Lipinski definition) is 1. The third-order valence-corrected chi connectivity index (χ3v) is 3.39. The minimum absolute atomic E-state index is 0.00807. The van der Waals surface area contributed by atoms with Crippen molar-refractivity contribution in [1.82, 2.24) is 5.32 Å². The van der Waals surface area contributed by atoms with E-state index in [-0.39, 0.29) is 17.1 Å². The fourth-order valence-corrected chi connectivity index (χ4v) is 2.12. The Labute approximate surface area is 133 Å². The molecule has 0 saturated carbocycles. The second kappa shape index (κ2) is 6.58. The summed E-state index contributed by atoms with van der Waals surface area (Å²) in [5, 5.41) is 3.41. The number of benzene rings is 2. The molecule has 2 aromatic rings. The van der Waals surface area contributed by atoms with Gasteiger partial charge in [0.15, 0.2) is 11.6 Å². The number of para-hydroxylation sites is 1. The van der Waals surface area contributed by atoms with Crippen molar-refractivity contribution < 1.29 is 9.13 Å². The van der Waals surface area contributed by atoms with Gasteiger partial charge in [0.1, 0.15) is 5.75 Å². The van der Waals surface area contributed by atoms with E-state index in [1.807, 2.05) is 24.3 Å². The molecule has 112 valence electrons. The van der Waals surface area contributed by atoms with Gasteiger partial charge in [-0.1, -0.05) is 34.1 Å². The SMILES string of the molecule is CC(C)(C)NCc1ccccc1Oc1cc(Br)ccc1F. The summed E-state index contributed by atoms with van der Waals surface area (Å²) >= 11 is 3.33. The molecule has 0 bridgehead atoms. The molecule has 0 aliphatic rings. The van der Waals surface area contributed by atoms with Gasteiger partial charge < -0.3 is 10.1 Å². The van der Waals surface area contributed by atoms with Gasteiger partial charge in [-0.25, -0.2) is 4.39 Å². The first-order valence-corrected chi connectivity index (χ1v) is 7.60. The van der Waals surface area contributed by atoms with E-state index in [4.69, 9.17) is 4.74 Å². The van der Waals surface area contributed by atoms with Crippen LogP contribution in [0.1, 0.15) is 26.3 Å². The lowest BCUT2D eigenvalue weighted by atomic mass is 10.1. The zero-order chi connectivity index (χ0) is 15.5. The lowest BCUT2D eigenvalue weighted by Crippen LogP contribution is -2.35. The molecule has 2 nitrogen and oxygen atoms in total. The highest BCUT2D eigenvalue weighted by Crippen LogP contribution is 2.29. The van der Waals surface area contributed by atoms with Crippen molar-refractivity contribution in [3.8, 4) is 11.5 Å². The number of rotatable bonds is 4. The highest BCUT2D eigenvalue weighted by molar-refractivity contribution is 9.10. The molecule has 0 atom stereocenters. The van der Waals surface area contributed by atoms with Crippen molar-refractivity contribution in [3.05, 3.63) is 58.3 Å². The first kappa shape index (κ1) is 16.0. The second-order valence-electron chi connectivity index (χ2n) is 5.89. The summed E-state index contributed by atoms with van der Waals surface area (Å²) < 4.78 is 20.3. The van der Waals surface area contributed by atoms with Crippen molar-refractivity contribution >= 4 is 15.9 Å². The van der Waals surface area contributed by atoms with E-state index in [1.54, 1.807) is 12.1 Å². The largest absolute Gasteiger partial charge is 0.454 e. The van der Waals surface area contributed by atoms with E-state index in [1.165, 1.54) is 6.07 Å². The smallest absolute Gasteiger partial charge is 0.165 e. The Morgan fingerprint density at radius 2 is 1.81 bits per heavy atom. The fourth-order valence-electron chi connectivity index (χ4n) is 1.78. The van der Waals surface area contributed by atoms with Gasteiger partial charge in [-0.3, -0.25) is 0 Å². The highest BCUT2D eigenvalue weighted by atomic mass is 79.9. The summed E-state index contributed by atoms with van der Waals surface area (Å²) in [4.78, 5) is 0. The number of ether oxygens (including phenoxy) is 1. The quantitative estimate of drug-likeness (QED) is 0.810. The van der Waals surface area contributed by atoms with E-state index >= 15 is 0 Å². The van der Waals surface area contributed by atoms with Crippen LogP contribution in [0.15, 0.2) is 46.9 Å². The van der Waals surface area contributed by atoms with Crippen LogP contribution in [0.25, 0.3) is 0 Å². The van der Waals surface area contributed by atoms with Gasteiger partial charge in [0.2, 0.25) is 0 Å². The van der Waals surface area contributed by atoms with Gasteiger partial charge >= 0.3 is 0 Å². The van der Waals surface area contributed by atoms with Crippen molar-refractivity contribution in [2.75, 3.05) is 0 Å². The summed E-state index contributed by atoms with van der Waals surface area (Å²) in [6, 6.07) is 12.3. The molecule has 0 saturated heterocycles. The molecule has 0 aromatic heterocycles. The minimum atomic E-state index is -0.378. The third kappa shape index (κ3) is 4.83. The first-order valence-electron chi connectivity index (χ1n) is 6.81. The van der Waals surface area contributed by atoms with Crippen LogP contribution in [0.3, 0.4) is 0 Å².